The molecule has 3 rings (SSSR count). The van der Waals surface area contributed by atoms with Gasteiger partial charge in [0.25, 0.3) is 0 Å². The number of carbonyl (C=O) groups is 1. The lowest BCUT2D eigenvalue weighted by Crippen LogP contribution is -2.38. The van der Waals surface area contributed by atoms with Crippen molar-refractivity contribution < 1.29 is 18.3 Å². The molecule has 0 radical (unpaired) electrons. The van der Waals surface area contributed by atoms with Crippen LogP contribution < -0.4 is 0 Å². The van der Waals surface area contributed by atoms with Crippen LogP contribution in [0.3, 0.4) is 0 Å². The van der Waals surface area contributed by atoms with Gasteiger partial charge >= 0.3 is 5.97 Å². The van der Waals surface area contributed by atoms with Gasteiger partial charge in [0, 0.05) is 30.8 Å². The van der Waals surface area contributed by atoms with E-state index in [1.807, 2.05) is 6.92 Å². The first-order chi connectivity index (χ1) is 12.7. The topological polar surface area (TPSA) is 100 Å². The maximum atomic E-state index is 11.6. The second-order valence-electron chi connectivity index (χ2n) is 6.97. The van der Waals surface area contributed by atoms with Crippen LogP contribution in [0.15, 0.2) is 30.3 Å². The summed E-state index contributed by atoms with van der Waals surface area (Å²) in [6.45, 7) is 2.90. The molecule has 0 unspecified atom stereocenters. The van der Waals surface area contributed by atoms with Gasteiger partial charge in [-0.1, -0.05) is 18.2 Å². The monoisotopic (exact) mass is 389 g/mol. The highest BCUT2D eigenvalue weighted by atomic mass is 32.2. The molecule has 2 heterocycles. The smallest absolute Gasteiger partial charge is 0.336 e. The number of nitrogens with zero attached hydrogens (tertiary/aromatic N) is 3. The number of rotatable bonds is 5. The molecule has 8 heteroatoms. The first-order valence-electron chi connectivity index (χ1n) is 8.86. The Kier molecular flexibility index (Phi) is 5.57. The molecule has 0 amide bonds. The van der Waals surface area contributed by atoms with Gasteiger partial charge < -0.3 is 5.11 Å². The van der Waals surface area contributed by atoms with Crippen molar-refractivity contribution in [3.05, 3.63) is 47.4 Å². The number of benzene rings is 1. The van der Waals surface area contributed by atoms with E-state index in [2.05, 4.69) is 9.97 Å². The Hall–Kier alpha value is -2.32. The van der Waals surface area contributed by atoms with E-state index in [1.165, 1.54) is 10.6 Å². The second kappa shape index (κ2) is 7.74. The number of aryl methyl sites for hydroxylation is 1. The lowest BCUT2D eigenvalue weighted by atomic mass is 9.94. The summed E-state index contributed by atoms with van der Waals surface area (Å²) in [6, 6.07) is 8.59. The fourth-order valence-corrected chi connectivity index (χ4v) is 4.33. The number of carboxylic acid groups (broad SMARTS) is 1. The van der Waals surface area contributed by atoms with E-state index < -0.39 is 16.0 Å². The summed E-state index contributed by atoms with van der Waals surface area (Å²) in [7, 11) is -3.14. The molecule has 27 heavy (non-hydrogen) atoms. The summed E-state index contributed by atoms with van der Waals surface area (Å²) in [5.41, 5.74) is 2.17. The van der Waals surface area contributed by atoms with Crippen LogP contribution >= 0.6 is 0 Å². The summed E-state index contributed by atoms with van der Waals surface area (Å²) in [5.74, 6) is -0.00747. The van der Waals surface area contributed by atoms with Gasteiger partial charge in [0.15, 0.2) is 0 Å². The van der Waals surface area contributed by atoms with Crippen LogP contribution in [0.5, 0.6) is 0 Å². The van der Waals surface area contributed by atoms with E-state index in [1.54, 1.807) is 30.3 Å². The van der Waals surface area contributed by atoms with Gasteiger partial charge in [-0.15, -0.1) is 0 Å². The molecular weight excluding hydrogens is 366 g/mol. The molecule has 1 fully saturated rings. The van der Waals surface area contributed by atoms with Crippen molar-refractivity contribution in [1.82, 2.24) is 14.3 Å². The van der Waals surface area contributed by atoms with Gasteiger partial charge in [0.05, 0.1) is 17.5 Å². The summed E-state index contributed by atoms with van der Waals surface area (Å²) in [4.78, 5) is 20.6. The largest absolute Gasteiger partial charge is 0.478 e. The summed E-state index contributed by atoms with van der Waals surface area (Å²) in [5, 5.41) is 9.42. The average Bonchev–Trinajstić information content (AvgIpc) is 2.61. The molecular formula is C19H23N3O4S. The predicted octanol–water partition coefficient (Wildman–Crippen LogP) is 2.36. The summed E-state index contributed by atoms with van der Waals surface area (Å²) < 4.78 is 24.8. The number of piperidine rings is 1. The Bertz CT molecular complexity index is 951. The number of hydrogen-bond donors (Lipinski definition) is 1. The number of carboxylic acids is 1. The third-order valence-corrected chi connectivity index (χ3v) is 6.15. The number of hydrogen-bond acceptors (Lipinski definition) is 5. The van der Waals surface area contributed by atoms with Crippen molar-refractivity contribution >= 4 is 16.0 Å². The van der Waals surface area contributed by atoms with Crippen LogP contribution in [0, 0.1) is 12.8 Å². The van der Waals surface area contributed by atoms with Gasteiger partial charge in [-0.05, 0) is 37.8 Å². The van der Waals surface area contributed by atoms with E-state index in [0.29, 0.717) is 42.5 Å². The Morgan fingerprint density at radius 2 is 1.89 bits per heavy atom. The fraction of sp³-hybridized carbons (Fsp3) is 0.421. The molecule has 1 N–H and O–H groups in total. The SMILES string of the molecule is Cc1cc(-c2ccccc2C(=O)O)nc(CC2CCN(S(C)(=O)=O)CC2)n1. The molecule has 0 atom stereocenters. The van der Waals surface area contributed by atoms with Crippen LogP contribution in [-0.4, -0.2) is 53.1 Å². The van der Waals surface area contributed by atoms with Gasteiger partial charge in [0.1, 0.15) is 5.82 Å². The Morgan fingerprint density at radius 3 is 2.52 bits per heavy atom. The van der Waals surface area contributed by atoms with E-state index in [4.69, 9.17) is 0 Å². The molecule has 1 aromatic heterocycles. The average molecular weight is 389 g/mol. The van der Waals surface area contributed by atoms with E-state index in [9.17, 15) is 18.3 Å². The Morgan fingerprint density at radius 1 is 1.22 bits per heavy atom. The Balaban J connectivity index is 1.80. The van der Waals surface area contributed by atoms with Crippen LogP contribution in [0.1, 0.15) is 34.7 Å². The third-order valence-electron chi connectivity index (χ3n) is 4.85. The standard InChI is InChI=1S/C19H23N3O4S/c1-13-11-17(15-5-3-4-6-16(15)19(23)24)21-18(20-13)12-14-7-9-22(10-8-14)27(2,25)26/h3-6,11,14H,7-10,12H2,1-2H3,(H,23,24). The quantitative estimate of drug-likeness (QED) is 0.843. The highest BCUT2D eigenvalue weighted by Gasteiger charge is 2.25. The van der Waals surface area contributed by atoms with Crippen molar-refractivity contribution in [1.29, 1.82) is 0 Å². The zero-order valence-corrected chi connectivity index (χ0v) is 16.2. The highest BCUT2D eigenvalue weighted by Crippen LogP contribution is 2.25. The minimum Gasteiger partial charge on any atom is -0.478 e. The van der Waals surface area contributed by atoms with Gasteiger partial charge in [-0.3, -0.25) is 0 Å². The van der Waals surface area contributed by atoms with Crippen molar-refractivity contribution in [3.8, 4) is 11.3 Å². The predicted molar refractivity (Wildman–Crippen MR) is 102 cm³/mol. The number of sulfonamides is 1. The normalized spacial score (nSPS) is 16.4. The molecule has 0 bridgehead atoms. The van der Waals surface area contributed by atoms with Crippen LogP contribution in [0.2, 0.25) is 0 Å². The lowest BCUT2D eigenvalue weighted by Gasteiger charge is -2.29. The molecule has 1 saturated heterocycles. The second-order valence-corrected chi connectivity index (χ2v) is 8.95. The third kappa shape index (κ3) is 4.70. The fourth-order valence-electron chi connectivity index (χ4n) is 3.46. The van der Waals surface area contributed by atoms with Crippen molar-refractivity contribution in [2.45, 2.75) is 26.2 Å². The van der Waals surface area contributed by atoms with Crippen LogP contribution in [-0.2, 0) is 16.4 Å². The molecule has 1 aliphatic rings. The minimum atomic E-state index is -3.14. The highest BCUT2D eigenvalue weighted by molar-refractivity contribution is 7.88. The minimum absolute atomic E-state index is 0.211. The first-order valence-corrected chi connectivity index (χ1v) is 10.7. The maximum Gasteiger partial charge on any atom is 0.336 e. The summed E-state index contributed by atoms with van der Waals surface area (Å²) in [6.07, 6.45) is 3.43. The molecule has 1 aromatic carbocycles. The van der Waals surface area contributed by atoms with Crippen molar-refractivity contribution in [2.24, 2.45) is 5.92 Å². The molecule has 0 saturated carbocycles. The van der Waals surface area contributed by atoms with Crippen molar-refractivity contribution in [2.75, 3.05) is 19.3 Å². The van der Waals surface area contributed by atoms with Crippen molar-refractivity contribution in [3.63, 3.8) is 0 Å². The van der Waals surface area contributed by atoms with E-state index in [0.717, 1.165) is 18.5 Å². The molecule has 144 valence electrons. The molecule has 2 aromatic rings. The van der Waals surface area contributed by atoms with E-state index in [-0.39, 0.29) is 5.56 Å². The lowest BCUT2D eigenvalue weighted by molar-refractivity contribution is 0.0697. The molecule has 0 aliphatic carbocycles. The zero-order valence-electron chi connectivity index (χ0n) is 15.4. The van der Waals surface area contributed by atoms with Gasteiger partial charge in [-0.25, -0.2) is 27.5 Å². The molecule has 1 aliphatic heterocycles. The Labute approximate surface area is 159 Å². The first kappa shape index (κ1) is 19.4. The molecule has 0 spiro atoms. The number of aromatic nitrogens is 2. The molecule has 7 nitrogen and oxygen atoms in total. The van der Waals surface area contributed by atoms with Crippen LogP contribution in [0.4, 0.5) is 0 Å². The van der Waals surface area contributed by atoms with Gasteiger partial charge in [0.2, 0.25) is 10.0 Å². The van der Waals surface area contributed by atoms with Crippen LogP contribution in [0.25, 0.3) is 11.3 Å². The zero-order chi connectivity index (χ0) is 19.6. The maximum absolute atomic E-state index is 11.6. The number of aromatic carboxylic acids is 1. The summed E-state index contributed by atoms with van der Waals surface area (Å²) >= 11 is 0. The van der Waals surface area contributed by atoms with E-state index >= 15 is 0 Å². The van der Waals surface area contributed by atoms with Gasteiger partial charge in [-0.2, -0.15) is 0 Å².